The summed E-state index contributed by atoms with van der Waals surface area (Å²) < 4.78 is 0. The smallest absolute Gasteiger partial charge is 0.165 e. The first-order valence-electron chi connectivity index (χ1n) is 3.44. The highest BCUT2D eigenvalue weighted by atomic mass is 35.6. The van der Waals surface area contributed by atoms with E-state index in [-0.39, 0.29) is 0 Å². The summed E-state index contributed by atoms with van der Waals surface area (Å²) in [5, 5.41) is 1.23. The quantitative estimate of drug-likeness (QED) is 0.379. The Balaban J connectivity index is 2.92. The van der Waals surface area contributed by atoms with Gasteiger partial charge >= 0.3 is 0 Å². The molecule has 0 N–H and O–H groups in total. The lowest BCUT2D eigenvalue weighted by atomic mass is 10.1. The molecule has 1 aromatic rings. The SMILES string of the molecule is C=CCc1ccccc1[Si]Cl. The molecule has 0 aliphatic carbocycles. The molecular formula is C9H9ClSi. The predicted octanol–water partition coefficient (Wildman–Crippen LogP) is 1.90. The Morgan fingerprint density at radius 3 is 2.82 bits per heavy atom. The molecule has 0 aliphatic rings. The van der Waals surface area contributed by atoms with Crippen LogP contribution in [0, 0.1) is 0 Å². The fraction of sp³-hybridized carbons (Fsp3) is 0.111. The van der Waals surface area contributed by atoms with E-state index in [9.17, 15) is 0 Å². The Labute approximate surface area is 74.4 Å². The minimum absolute atomic E-state index is 0.363. The van der Waals surface area contributed by atoms with Crippen LogP contribution in [0.3, 0.4) is 0 Å². The summed E-state index contributed by atoms with van der Waals surface area (Å²) in [6.07, 6.45) is 2.81. The van der Waals surface area contributed by atoms with Crippen LogP contribution in [-0.4, -0.2) is 8.83 Å². The van der Waals surface area contributed by atoms with Crippen LogP contribution in [0.15, 0.2) is 36.9 Å². The zero-order valence-electron chi connectivity index (χ0n) is 6.18. The first kappa shape index (κ1) is 8.56. The zero-order chi connectivity index (χ0) is 8.10. The van der Waals surface area contributed by atoms with Crippen LogP contribution in [0.1, 0.15) is 5.56 Å². The molecule has 11 heavy (non-hydrogen) atoms. The fourth-order valence-corrected chi connectivity index (χ4v) is 1.97. The summed E-state index contributed by atoms with van der Waals surface area (Å²) >= 11 is 5.76. The first-order chi connectivity index (χ1) is 5.38. The highest BCUT2D eigenvalue weighted by molar-refractivity contribution is 7.01. The Morgan fingerprint density at radius 2 is 2.18 bits per heavy atom. The standard InChI is InChI=1S/C9H9ClSi/c1-2-5-8-6-3-4-7-9(8)11-10/h2-4,6-7H,1,5H2. The van der Waals surface area contributed by atoms with Crippen molar-refractivity contribution in [2.75, 3.05) is 0 Å². The molecule has 2 heteroatoms. The van der Waals surface area contributed by atoms with Crippen LogP contribution >= 0.6 is 11.1 Å². The van der Waals surface area contributed by atoms with Gasteiger partial charge in [-0.25, -0.2) is 0 Å². The van der Waals surface area contributed by atoms with E-state index in [4.69, 9.17) is 11.1 Å². The summed E-state index contributed by atoms with van der Waals surface area (Å²) in [4.78, 5) is 0. The monoisotopic (exact) mass is 180 g/mol. The first-order valence-corrected chi connectivity index (χ1v) is 5.45. The third-order valence-corrected chi connectivity index (χ3v) is 2.79. The third-order valence-electron chi connectivity index (χ3n) is 1.48. The number of hydrogen-bond donors (Lipinski definition) is 0. The van der Waals surface area contributed by atoms with Gasteiger partial charge in [-0.3, -0.25) is 0 Å². The molecule has 0 heterocycles. The number of hydrogen-bond acceptors (Lipinski definition) is 0. The van der Waals surface area contributed by atoms with Crippen molar-refractivity contribution in [2.45, 2.75) is 6.42 Å². The van der Waals surface area contributed by atoms with Crippen molar-refractivity contribution in [3.05, 3.63) is 42.5 Å². The van der Waals surface area contributed by atoms with E-state index in [1.165, 1.54) is 10.8 Å². The van der Waals surface area contributed by atoms with E-state index >= 15 is 0 Å². The van der Waals surface area contributed by atoms with Gasteiger partial charge in [-0.05, 0) is 17.2 Å². The second-order valence-corrected chi connectivity index (χ2v) is 3.54. The van der Waals surface area contributed by atoms with Crippen molar-refractivity contribution in [1.29, 1.82) is 0 Å². The Bertz CT molecular complexity index is 245. The van der Waals surface area contributed by atoms with Crippen LogP contribution in [0.2, 0.25) is 0 Å². The maximum atomic E-state index is 5.76. The number of rotatable bonds is 3. The van der Waals surface area contributed by atoms with E-state index in [0.29, 0.717) is 8.83 Å². The van der Waals surface area contributed by atoms with Crippen LogP contribution in [0.5, 0.6) is 0 Å². The molecule has 0 aliphatic heterocycles. The van der Waals surface area contributed by atoms with Gasteiger partial charge in [0, 0.05) is 0 Å². The minimum atomic E-state index is 0.363. The van der Waals surface area contributed by atoms with Gasteiger partial charge in [0.15, 0.2) is 0 Å². The van der Waals surface area contributed by atoms with Crippen molar-refractivity contribution < 1.29 is 0 Å². The van der Waals surface area contributed by atoms with Crippen molar-refractivity contribution in [3.63, 3.8) is 0 Å². The zero-order valence-corrected chi connectivity index (χ0v) is 7.93. The molecule has 0 spiro atoms. The van der Waals surface area contributed by atoms with Crippen molar-refractivity contribution in [2.24, 2.45) is 0 Å². The van der Waals surface area contributed by atoms with Gasteiger partial charge in [0.05, 0.1) is 0 Å². The molecule has 0 nitrogen and oxygen atoms in total. The van der Waals surface area contributed by atoms with Gasteiger partial charge in [0.2, 0.25) is 8.83 Å². The second-order valence-electron chi connectivity index (χ2n) is 2.24. The molecule has 1 aromatic carbocycles. The Hall–Kier alpha value is -0.533. The molecule has 0 amide bonds. The van der Waals surface area contributed by atoms with Gasteiger partial charge < -0.3 is 0 Å². The number of benzene rings is 1. The van der Waals surface area contributed by atoms with E-state index in [1.807, 2.05) is 18.2 Å². The number of allylic oxidation sites excluding steroid dienone is 1. The molecule has 0 saturated carbocycles. The van der Waals surface area contributed by atoms with E-state index in [0.717, 1.165) is 6.42 Å². The molecule has 56 valence electrons. The second kappa shape index (κ2) is 4.37. The van der Waals surface area contributed by atoms with Gasteiger partial charge in [-0.1, -0.05) is 30.3 Å². The maximum Gasteiger partial charge on any atom is 0.210 e. The van der Waals surface area contributed by atoms with Crippen molar-refractivity contribution in [3.8, 4) is 0 Å². The predicted molar refractivity (Wildman–Crippen MR) is 51.6 cm³/mol. The van der Waals surface area contributed by atoms with Gasteiger partial charge in [0.1, 0.15) is 0 Å². The van der Waals surface area contributed by atoms with Gasteiger partial charge in [-0.15, -0.1) is 6.58 Å². The minimum Gasteiger partial charge on any atom is -0.165 e. The van der Waals surface area contributed by atoms with Crippen LogP contribution in [0.25, 0.3) is 0 Å². The van der Waals surface area contributed by atoms with Crippen LogP contribution in [-0.2, 0) is 6.42 Å². The van der Waals surface area contributed by atoms with E-state index < -0.39 is 0 Å². The Morgan fingerprint density at radius 1 is 1.45 bits per heavy atom. The lowest BCUT2D eigenvalue weighted by molar-refractivity contribution is 1.30. The molecule has 0 unspecified atom stereocenters. The lowest BCUT2D eigenvalue weighted by Crippen LogP contribution is -2.13. The van der Waals surface area contributed by atoms with Crippen molar-refractivity contribution >= 4 is 25.1 Å². The topological polar surface area (TPSA) is 0 Å². The fourth-order valence-electron chi connectivity index (χ4n) is 0.946. The molecule has 0 saturated heterocycles. The summed E-state index contributed by atoms with van der Waals surface area (Å²) in [7, 11) is 0.363. The maximum absolute atomic E-state index is 5.76. The summed E-state index contributed by atoms with van der Waals surface area (Å²) in [5.41, 5.74) is 1.29. The molecule has 1 rings (SSSR count). The average molecular weight is 181 g/mol. The highest BCUT2D eigenvalue weighted by Gasteiger charge is 1.97. The van der Waals surface area contributed by atoms with Gasteiger partial charge in [0.25, 0.3) is 0 Å². The molecular weight excluding hydrogens is 172 g/mol. The normalized spacial score (nSPS) is 9.55. The summed E-state index contributed by atoms with van der Waals surface area (Å²) in [5.74, 6) is 0. The van der Waals surface area contributed by atoms with E-state index in [2.05, 4.69) is 18.7 Å². The summed E-state index contributed by atoms with van der Waals surface area (Å²) in [6, 6.07) is 8.19. The number of halogens is 1. The third kappa shape index (κ3) is 2.21. The molecule has 0 atom stereocenters. The van der Waals surface area contributed by atoms with Gasteiger partial charge in [-0.2, -0.15) is 11.1 Å². The van der Waals surface area contributed by atoms with Crippen LogP contribution < -0.4 is 5.19 Å². The van der Waals surface area contributed by atoms with Crippen LogP contribution in [0.4, 0.5) is 0 Å². The molecule has 2 radical (unpaired) electrons. The molecule has 0 fully saturated rings. The summed E-state index contributed by atoms with van der Waals surface area (Å²) in [6.45, 7) is 3.69. The largest absolute Gasteiger partial charge is 0.210 e. The average Bonchev–Trinajstić information content (AvgIpc) is 2.06. The Kier molecular flexibility index (Phi) is 3.40. The van der Waals surface area contributed by atoms with E-state index in [1.54, 1.807) is 0 Å². The highest BCUT2D eigenvalue weighted by Crippen LogP contribution is 1.97. The molecule has 0 bridgehead atoms. The molecule has 0 aromatic heterocycles. The van der Waals surface area contributed by atoms with Crippen molar-refractivity contribution in [1.82, 2.24) is 0 Å². The lowest BCUT2D eigenvalue weighted by Gasteiger charge is -2.01.